The van der Waals surface area contributed by atoms with E-state index < -0.39 is 0 Å². The molecule has 0 aromatic carbocycles. The molecule has 0 spiro atoms. The molecule has 0 aliphatic heterocycles. The third-order valence-corrected chi connectivity index (χ3v) is 4.26. The van der Waals surface area contributed by atoms with Crippen molar-refractivity contribution in [2.45, 2.75) is 64.0 Å². The van der Waals surface area contributed by atoms with Gasteiger partial charge in [0.1, 0.15) is 0 Å². The lowest BCUT2D eigenvalue weighted by Crippen LogP contribution is -2.47. The molecule has 0 aromatic rings. The van der Waals surface area contributed by atoms with E-state index >= 15 is 0 Å². The van der Waals surface area contributed by atoms with E-state index in [2.05, 4.69) is 12.2 Å². The van der Waals surface area contributed by atoms with Gasteiger partial charge in [-0.15, -0.1) is 0 Å². The predicted molar refractivity (Wildman–Crippen MR) is 62.9 cm³/mol. The lowest BCUT2D eigenvalue weighted by Gasteiger charge is -2.30. The number of hydrogen-bond acceptors (Lipinski definition) is 2. The Morgan fingerprint density at radius 2 is 1.88 bits per heavy atom. The van der Waals surface area contributed by atoms with Crippen molar-refractivity contribution in [2.75, 3.05) is 0 Å². The monoisotopic (exact) mass is 225 g/mol. The Kier molecular flexibility index (Phi) is 3.85. The van der Waals surface area contributed by atoms with Gasteiger partial charge in [-0.1, -0.05) is 26.2 Å². The second-order valence-electron chi connectivity index (χ2n) is 5.48. The smallest absolute Gasteiger partial charge is 0.223 e. The van der Waals surface area contributed by atoms with Crippen LogP contribution in [0.4, 0.5) is 0 Å². The largest absolute Gasteiger partial charge is 0.391 e. The van der Waals surface area contributed by atoms with E-state index in [1.54, 1.807) is 0 Å². The number of carbonyl (C=O) groups is 1. The normalized spacial score (nSPS) is 39.6. The van der Waals surface area contributed by atoms with Crippen molar-refractivity contribution in [3.05, 3.63) is 0 Å². The first kappa shape index (κ1) is 11.9. The zero-order chi connectivity index (χ0) is 11.5. The Hall–Kier alpha value is -0.570. The summed E-state index contributed by atoms with van der Waals surface area (Å²) in [5.74, 6) is 0.880. The first-order valence-corrected chi connectivity index (χ1v) is 6.67. The molecule has 0 aromatic heterocycles. The maximum absolute atomic E-state index is 12.0. The highest BCUT2D eigenvalue weighted by molar-refractivity contribution is 5.79. The molecular weight excluding hydrogens is 202 g/mol. The first-order valence-electron chi connectivity index (χ1n) is 6.67. The van der Waals surface area contributed by atoms with Crippen LogP contribution in [0, 0.1) is 11.8 Å². The van der Waals surface area contributed by atoms with Crippen molar-refractivity contribution >= 4 is 5.91 Å². The number of aliphatic hydroxyl groups is 1. The lowest BCUT2D eigenvalue weighted by atomic mass is 9.91. The quantitative estimate of drug-likeness (QED) is 0.753. The maximum Gasteiger partial charge on any atom is 0.223 e. The maximum atomic E-state index is 12.0. The lowest BCUT2D eigenvalue weighted by molar-refractivity contribution is -0.127. The van der Waals surface area contributed by atoms with Gasteiger partial charge < -0.3 is 10.4 Å². The van der Waals surface area contributed by atoms with Crippen LogP contribution >= 0.6 is 0 Å². The van der Waals surface area contributed by atoms with Crippen LogP contribution in [0.25, 0.3) is 0 Å². The molecule has 0 bridgehead atoms. The summed E-state index contributed by atoms with van der Waals surface area (Å²) in [5, 5.41) is 12.9. The van der Waals surface area contributed by atoms with Gasteiger partial charge in [0, 0.05) is 5.92 Å². The Morgan fingerprint density at radius 3 is 2.50 bits per heavy atom. The molecule has 3 nitrogen and oxygen atoms in total. The van der Waals surface area contributed by atoms with Gasteiger partial charge in [-0.05, 0) is 31.6 Å². The van der Waals surface area contributed by atoms with Crippen molar-refractivity contribution in [3.8, 4) is 0 Å². The summed E-state index contributed by atoms with van der Waals surface area (Å²) in [6.45, 7) is 2.16. The van der Waals surface area contributed by atoms with Crippen LogP contribution in [-0.2, 0) is 4.79 Å². The average Bonchev–Trinajstić information content (AvgIpc) is 2.68. The van der Waals surface area contributed by atoms with Gasteiger partial charge in [-0.25, -0.2) is 0 Å². The van der Waals surface area contributed by atoms with E-state index in [4.69, 9.17) is 0 Å². The fraction of sp³-hybridized carbons (Fsp3) is 0.923. The van der Waals surface area contributed by atoms with Gasteiger partial charge in [0.2, 0.25) is 5.91 Å². The van der Waals surface area contributed by atoms with Crippen LogP contribution in [0.2, 0.25) is 0 Å². The van der Waals surface area contributed by atoms with Gasteiger partial charge >= 0.3 is 0 Å². The predicted octanol–water partition coefficient (Wildman–Crippen LogP) is 1.84. The van der Waals surface area contributed by atoms with Crippen LogP contribution in [0.1, 0.15) is 51.9 Å². The molecule has 0 heterocycles. The summed E-state index contributed by atoms with van der Waals surface area (Å²) in [4.78, 5) is 12.0. The van der Waals surface area contributed by atoms with Gasteiger partial charge in [-0.2, -0.15) is 0 Å². The Morgan fingerprint density at radius 1 is 1.12 bits per heavy atom. The molecule has 92 valence electrons. The molecule has 4 atom stereocenters. The van der Waals surface area contributed by atoms with Gasteiger partial charge in [-0.3, -0.25) is 4.79 Å². The van der Waals surface area contributed by atoms with Crippen molar-refractivity contribution in [2.24, 2.45) is 11.8 Å². The molecule has 2 N–H and O–H groups in total. The number of aliphatic hydroxyl groups excluding tert-OH is 1. The zero-order valence-corrected chi connectivity index (χ0v) is 10.1. The highest BCUT2D eigenvalue weighted by Crippen LogP contribution is 2.31. The Balaban J connectivity index is 1.86. The molecule has 2 aliphatic carbocycles. The highest BCUT2D eigenvalue weighted by atomic mass is 16.3. The van der Waals surface area contributed by atoms with Crippen LogP contribution in [0.15, 0.2) is 0 Å². The number of hydrogen-bond donors (Lipinski definition) is 2. The van der Waals surface area contributed by atoms with Crippen LogP contribution in [0.3, 0.4) is 0 Å². The molecule has 2 aliphatic rings. The van der Waals surface area contributed by atoms with E-state index in [1.165, 1.54) is 12.8 Å². The second-order valence-corrected chi connectivity index (χ2v) is 5.48. The number of amides is 1. The Labute approximate surface area is 97.6 Å². The molecule has 2 fully saturated rings. The summed E-state index contributed by atoms with van der Waals surface area (Å²) in [5.41, 5.74) is 0. The summed E-state index contributed by atoms with van der Waals surface area (Å²) < 4.78 is 0. The highest BCUT2D eigenvalue weighted by Gasteiger charge is 2.32. The fourth-order valence-corrected chi connectivity index (χ4v) is 3.10. The molecule has 0 radical (unpaired) electrons. The molecule has 1 amide bonds. The minimum absolute atomic E-state index is 0.00838. The third-order valence-electron chi connectivity index (χ3n) is 4.26. The van der Waals surface area contributed by atoms with Gasteiger partial charge in [0.15, 0.2) is 0 Å². The topological polar surface area (TPSA) is 49.3 Å². The summed E-state index contributed by atoms with van der Waals surface area (Å²) >= 11 is 0. The first-order chi connectivity index (χ1) is 7.68. The van der Waals surface area contributed by atoms with Crippen molar-refractivity contribution in [1.29, 1.82) is 0 Å². The number of nitrogens with one attached hydrogen (secondary N) is 1. The average molecular weight is 225 g/mol. The summed E-state index contributed by atoms with van der Waals surface area (Å²) in [7, 11) is 0. The van der Waals surface area contributed by atoms with Gasteiger partial charge in [0.05, 0.1) is 12.1 Å². The van der Waals surface area contributed by atoms with E-state index in [0.717, 1.165) is 32.1 Å². The number of rotatable bonds is 2. The van der Waals surface area contributed by atoms with E-state index in [0.29, 0.717) is 5.92 Å². The summed E-state index contributed by atoms with van der Waals surface area (Å²) in [6, 6.07) is 0.00838. The van der Waals surface area contributed by atoms with Gasteiger partial charge in [0.25, 0.3) is 0 Å². The molecule has 16 heavy (non-hydrogen) atoms. The van der Waals surface area contributed by atoms with Crippen LogP contribution in [0.5, 0.6) is 0 Å². The van der Waals surface area contributed by atoms with Crippen molar-refractivity contribution in [3.63, 3.8) is 0 Å². The van der Waals surface area contributed by atoms with Crippen molar-refractivity contribution in [1.82, 2.24) is 5.32 Å². The molecular formula is C13H23NO2. The second kappa shape index (κ2) is 5.17. The molecule has 0 saturated heterocycles. The zero-order valence-electron chi connectivity index (χ0n) is 10.1. The van der Waals surface area contributed by atoms with E-state index in [9.17, 15) is 9.90 Å². The molecule has 4 unspecified atom stereocenters. The molecule has 2 rings (SSSR count). The Bertz CT molecular complexity index is 254. The third kappa shape index (κ3) is 2.57. The minimum Gasteiger partial charge on any atom is -0.391 e. The fourth-order valence-electron chi connectivity index (χ4n) is 3.10. The molecule has 2 saturated carbocycles. The van der Waals surface area contributed by atoms with Crippen LogP contribution in [-0.4, -0.2) is 23.2 Å². The van der Waals surface area contributed by atoms with Crippen molar-refractivity contribution < 1.29 is 9.90 Å². The van der Waals surface area contributed by atoms with E-state index in [-0.39, 0.29) is 24.0 Å². The molecule has 3 heteroatoms. The van der Waals surface area contributed by atoms with E-state index in [1.807, 2.05) is 0 Å². The number of carbonyl (C=O) groups excluding carboxylic acids is 1. The standard InChI is InChI=1S/C13H23NO2/c1-9-5-4-6-10(9)13(16)14-11-7-2-3-8-12(11)15/h9-12,15H,2-8H2,1H3,(H,14,16). The minimum atomic E-state index is -0.325. The SMILES string of the molecule is CC1CCCC1C(=O)NC1CCCCC1O. The summed E-state index contributed by atoms with van der Waals surface area (Å²) in [6.07, 6.45) is 7.04. The van der Waals surface area contributed by atoms with Crippen LogP contribution < -0.4 is 5.32 Å².